The molecule has 0 unspecified atom stereocenters. The summed E-state index contributed by atoms with van der Waals surface area (Å²) in [6.07, 6.45) is 0.748. The maximum atomic E-state index is 12.1. The van der Waals surface area contributed by atoms with Crippen LogP contribution in [0.3, 0.4) is 0 Å². The Morgan fingerprint density at radius 2 is 2.06 bits per heavy atom. The number of nitrogens with zero attached hydrogens (tertiary/aromatic N) is 1. The summed E-state index contributed by atoms with van der Waals surface area (Å²) < 4.78 is 25.4. The second kappa shape index (κ2) is 5.82. The molecule has 0 saturated heterocycles. The van der Waals surface area contributed by atoms with Gasteiger partial charge in [-0.05, 0) is 24.1 Å². The Hall–Kier alpha value is -0.620. The van der Waals surface area contributed by atoms with Gasteiger partial charge >= 0.3 is 0 Å². The molecule has 17 heavy (non-hydrogen) atoms. The molecule has 1 aromatic carbocycles. The molecule has 4 nitrogen and oxygen atoms in total. The van der Waals surface area contributed by atoms with E-state index in [1.165, 1.54) is 29.6 Å². The summed E-state index contributed by atoms with van der Waals surface area (Å²) in [5.41, 5.74) is 0.517. The first-order chi connectivity index (χ1) is 7.93. The number of hydrogen-bond donors (Lipinski definition) is 1. The number of aliphatic hydroxyl groups is 1. The third-order valence-corrected chi connectivity index (χ3v) is 4.65. The lowest BCUT2D eigenvalue weighted by Gasteiger charge is -2.16. The number of halogens is 1. The highest BCUT2D eigenvalue weighted by Gasteiger charge is 2.20. The first-order valence-electron chi connectivity index (χ1n) is 5.29. The van der Waals surface area contributed by atoms with E-state index in [2.05, 4.69) is 0 Å². The summed E-state index contributed by atoms with van der Waals surface area (Å²) >= 11 is 5.87. The highest BCUT2D eigenvalue weighted by atomic mass is 35.5. The van der Waals surface area contributed by atoms with Gasteiger partial charge in [-0.15, -0.1) is 0 Å². The van der Waals surface area contributed by atoms with Crippen molar-refractivity contribution in [2.45, 2.75) is 24.8 Å². The van der Waals surface area contributed by atoms with E-state index in [-0.39, 0.29) is 16.5 Å². The van der Waals surface area contributed by atoms with E-state index >= 15 is 0 Å². The molecule has 0 amide bonds. The van der Waals surface area contributed by atoms with Crippen molar-refractivity contribution in [1.82, 2.24) is 4.31 Å². The summed E-state index contributed by atoms with van der Waals surface area (Å²) in [5, 5.41) is 9.22. The number of rotatable bonds is 5. The maximum Gasteiger partial charge on any atom is 0.242 e. The zero-order valence-electron chi connectivity index (χ0n) is 9.85. The lowest BCUT2D eigenvalue weighted by molar-refractivity contribution is 0.282. The van der Waals surface area contributed by atoms with Gasteiger partial charge in [0.2, 0.25) is 10.0 Å². The van der Waals surface area contributed by atoms with Crippen molar-refractivity contribution in [2.24, 2.45) is 0 Å². The first-order valence-corrected chi connectivity index (χ1v) is 7.11. The summed E-state index contributed by atoms with van der Waals surface area (Å²) in [4.78, 5) is 0.149. The molecule has 0 atom stereocenters. The van der Waals surface area contributed by atoms with Crippen LogP contribution in [-0.4, -0.2) is 31.4 Å². The minimum atomic E-state index is -3.48. The van der Waals surface area contributed by atoms with Gasteiger partial charge in [-0.2, -0.15) is 0 Å². The molecule has 1 aromatic rings. The Kier molecular flexibility index (Phi) is 4.94. The molecular formula is C11H16ClNO3S. The van der Waals surface area contributed by atoms with Crippen molar-refractivity contribution < 1.29 is 13.5 Å². The molecule has 0 heterocycles. The topological polar surface area (TPSA) is 57.6 Å². The average molecular weight is 278 g/mol. The molecular weight excluding hydrogens is 262 g/mol. The van der Waals surface area contributed by atoms with Gasteiger partial charge in [-0.3, -0.25) is 0 Å². The van der Waals surface area contributed by atoms with Gasteiger partial charge in [0, 0.05) is 18.6 Å². The molecule has 96 valence electrons. The van der Waals surface area contributed by atoms with Crippen molar-refractivity contribution in [2.75, 3.05) is 13.6 Å². The fraction of sp³-hybridized carbons (Fsp3) is 0.455. The Bertz CT molecular complexity index is 487. The molecule has 0 bridgehead atoms. The number of benzene rings is 1. The fourth-order valence-corrected chi connectivity index (χ4v) is 3.03. The highest BCUT2D eigenvalue weighted by Crippen LogP contribution is 2.22. The Labute approximate surface area is 107 Å². The zero-order chi connectivity index (χ0) is 13.1. The van der Waals surface area contributed by atoms with E-state index in [0.29, 0.717) is 12.1 Å². The van der Waals surface area contributed by atoms with Crippen LogP contribution in [0.15, 0.2) is 23.1 Å². The van der Waals surface area contributed by atoms with Crippen LogP contribution in [0.2, 0.25) is 5.02 Å². The number of hydrogen-bond acceptors (Lipinski definition) is 3. The van der Waals surface area contributed by atoms with Gasteiger partial charge in [-0.1, -0.05) is 24.6 Å². The van der Waals surface area contributed by atoms with Crippen LogP contribution in [-0.2, 0) is 16.6 Å². The normalized spacial score (nSPS) is 12.1. The molecule has 0 saturated carbocycles. The van der Waals surface area contributed by atoms with Gasteiger partial charge in [0.1, 0.15) is 0 Å². The molecule has 0 aliphatic rings. The lowest BCUT2D eigenvalue weighted by atomic mass is 10.2. The molecule has 0 radical (unpaired) electrons. The molecule has 0 aliphatic carbocycles. The van der Waals surface area contributed by atoms with Crippen molar-refractivity contribution in [1.29, 1.82) is 0 Å². The van der Waals surface area contributed by atoms with Crippen molar-refractivity contribution >= 4 is 21.6 Å². The third kappa shape index (κ3) is 3.19. The molecule has 0 fully saturated rings. The maximum absolute atomic E-state index is 12.1. The van der Waals surface area contributed by atoms with Crippen LogP contribution in [0.4, 0.5) is 0 Å². The summed E-state index contributed by atoms with van der Waals surface area (Å²) in [5.74, 6) is 0. The minimum Gasteiger partial charge on any atom is -0.392 e. The van der Waals surface area contributed by atoms with Crippen LogP contribution in [0.25, 0.3) is 0 Å². The second-order valence-electron chi connectivity index (χ2n) is 3.74. The lowest BCUT2D eigenvalue weighted by Crippen LogP contribution is -2.27. The zero-order valence-corrected chi connectivity index (χ0v) is 11.4. The van der Waals surface area contributed by atoms with E-state index < -0.39 is 10.0 Å². The first kappa shape index (κ1) is 14.4. The van der Waals surface area contributed by atoms with Gasteiger partial charge in [0.05, 0.1) is 11.5 Å². The Balaban J connectivity index is 3.12. The summed E-state index contributed by atoms with van der Waals surface area (Å²) in [6.45, 7) is 2.17. The predicted molar refractivity (Wildman–Crippen MR) is 67.5 cm³/mol. The molecule has 0 aromatic heterocycles. The molecule has 0 aliphatic heterocycles. The average Bonchev–Trinajstić information content (AvgIpc) is 2.29. The highest BCUT2D eigenvalue weighted by molar-refractivity contribution is 7.89. The van der Waals surface area contributed by atoms with Gasteiger partial charge in [-0.25, -0.2) is 12.7 Å². The van der Waals surface area contributed by atoms with Crippen LogP contribution < -0.4 is 0 Å². The van der Waals surface area contributed by atoms with Crippen molar-refractivity contribution in [3.8, 4) is 0 Å². The largest absolute Gasteiger partial charge is 0.392 e. The van der Waals surface area contributed by atoms with Gasteiger partial charge in [0.25, 0.3) is 0 Å². The summed E-state index contributed by atoms with van der Waals surface area (Å²) in [6, 6.07) is 4.35. The smallest absolute Gasteiger partial charge is 0.242 e. The van der Waals surface area contributed by atoms with Gasteiger partial charge < -0.3 is 5.11 Å². The van der Waals surface area contributed by atoms with Gasteiger partial charge in [0.15, 0.2) is 0 Å². The molecule has 1 rings (SSSR count). The number of sulfonamides is 1. The van der Waals surface area contributed by atoms with Crippen molar-refractivity contribution in [3.05, 3.63) is 28.8 Å². The molecule has 0 spiro atoms. The third-order valence-electron chi connectivity index (χ3n) is 2.44. The molecule has 1 N–H and O–H groups in total. The monoisotopic (exact) mass is 277 g/mol. The number of aliphatic hydroxyl groups excluding tert-OH is 1. The van der Waals surface area contributed by atoms with Crippen LogP contribution in [0, 0.1) is 0 Å². The Morgan fingerprint density at radius 3 is 2.53 bits per heavy atom. The standard InChI is InChI=1S/C11H16ClNO3S/c1-3-6-13(2)17(15,16)10-5-4-9(8-14)11(12)7-10/h4-5,7,14H,3,6,8H2,1-2H3. The van der Waals surface area contributed by atoms with Crippen LogP contribution in [0.5, 0.6) is 0 Å². The molecule has 6 heteroatoms. The fourth-order valence-electron chi connectivity index (χ4n) is 1.43. The van der Waals surface area contributed by atoms with Crippen molar-refractivity contribution in [3.63, 3.8) is 0 Å². The quantitative estimate of drug-likeness (QED) is 0.894. The minimum absolute atomic E-state index is 0.149. The summed E-state index contributed by atoms with van der Waals surface area (Å²) in [7, 11) is -1.95. The van der Waals surface area contributed by atoms with Crippen LogP contribution in [0.1, 0.15) is 18.9 Å². The second-order valence-corrected chi connectivity index (χ2v) is 6.19. The van der Waals surface area contributed by atoms with E-state index in [4.69, 9.17) is 16.7 Å². The predicted octanol–water partition coefficient (Wildman–Crippen LogP) is 1.86. The van der Waals surface area contributed by atoms with E-state index in [9.17, 15) is 8.42 Å². The van der Waals surface area contributed by atoms with E-state index in [1.54, 1.807) is 0 Å². The van der Waals surface area contributed by atoms with E-state index in [1.807, 2.05) is 6.92 Å². The SMILES string of the molecule is CCCN(C)S(=O)(=O)c1ccc(CO)c(Cl)c1. The van der Waals surface area contributed by atoms with Crippen LogP contribution >= 0.6 is 11.6 Å². The Morgan fingerprint density at radius 1 is 1.41 bits per heavy atom. The van der Waals surface area contributed by atoms with E-state index in [0.717, 1.165) is 6.42 Å².